The van der Waals surface area contributed by atoms with E-state index in [2.05, 4.69) is 4.52 Å². The molecule has 24 heavy (non-hydrogen) atoms. The molecular formula is C12H19O11P. The van der Waals surface area contributed by atoms with Crippen LogP contribution in [0.25, 0.3) is 0 Å². The lowest BCUT2D eigenvalue weighted by Crippen LogP contribution is -2.60. The summed E-state index contributed by atoms with van der Waals surface area (Å²) in [4.78, 5) is 51.8. The summed E-state index contributed by atoms with van der Waals surface area (Å²) in [5, 5.41) is 0. The predicted molar refractivity (Wildman–Crippen MR) is 74.1 cm³/mol. The zero-order valence-corrected chi connectivity index (χ0v) is 14.3. The molecule has 0 amide bonds. The molecule has 1 saturated heterocycles. The second kappa shape index (κ2) is 8.04. The molecule has 0 spiro atoms. The van der Waals surface area contributed by atoms with Crippen molar-refractivity contribution in [1.29, 1.82) is 0 Å². The van der Waals surface area contributed by atoms with Gasteiger partial charge in [0, 0.05) is 20.8 Å². The first-order valence-electron chi connectivity index (χ1n) is 6.81. The van der Waals surface area contributed by atoms with Gasteiger partial charge in [0.05, 0.1) is 6.10 Å². The number of hydrogen-bond acceptors (Lipinski definition) is 9. The number of phosphoric ester groups is 1. The molecule has 1 aliphatic heterocycles. The van der Waals surface area contributed by atoms with E-state index in [9.17, 15) is 18.9 Å². The fourth-order valence-electron chi connectivity index (χ4n) is 2.19. The Balaban J connectivity index is 3.21. The zero-order valence-electron chi connectivity index (χ0n) is 13.4. The lowest BCUT2D eigenvalue weighted by Gasteiger charge is -2.43. The fourth-order valence-corrected chi connectivity index (χ4v) is 2.63. The van der Waals surface area contributed by atoms with E-state index in [1.54, 1.807) is 0 Å². The molecule has 0 aliphatic carbocycles. The summed E-state index contributed by atoms with van der Waals surface area (Å²) in [6.45, 7) is 4.60. The summed E-state index contributed by atoms with van der Waals surface area (Å²) in [5.74, 6) is -2.36. The van der Waals surface area contributed by atoms with Gasteiger partial charge in [0.2, 0.25) is 6.29 Å². The number of ether oxygens (including phenoxy) is 4. The molecule has 0 aromatic carbocycles. The molecule has 0 unspecified atom stereocenters. The molecule has 1 heterocycles. The summed E-state index contributed by atoms with van der Waals surface area (Å²) in [7, 11) is -5.01. The minimum atomic E-state index is -5.01. The lowest BCUT2D eigenvalue weighted by molar-refractivity contribution is -0.283. The highest BCUT2D eigenvalue weighted by Crippen LogP contribution is 2.42. The molecule has 11 nitrogen and oxygen atoms in total. The van der Waals surface area contributed by atoms with Crippen molar-refractivity contribution < 1.29 is 52.2 Å². The summed E-state index contributed by atoms with van der Waals surface area (Å²) >= 11 is 0. The van der Waals surface area contributed by atoms with Crippen molar-refractivity contribution in [1.82, 2.24) is 0 Å². The molecule has 12 heteroatoms. The number of carbonyl (C=O) groups is 3. The maximum atomic E-state index is 11.3. The predicted octanol–water partition coefficient (Wildman–Crippen LogP) is -0.364. The van der Waals surface area contributed by atoms with Crippen LogP contribution < -0.4 is 0 Å². The van der Waals surface area contributed by atoms with Gasteiger partial charge >= 0.3 is 25.7 Å². The fraction of sp³-hybridized carbons (Fsp3) is 0.750. The van der Waals surface area contributed by atoms with Crippen LogP contribution in [0, 0.1) is 0 Å². The van der Waals surface area contributed by atoms with Crippen molar-refractivity contribution in [2.24, 2.45) is 0 Å². The molecule has 0 aromatic rings. The van der Waals surface area contributed by atoms with Gasteiger partial charge < -0.3 is 28.7 Å². The highest BCUT2D eigenvalue weighted by Gasteiger charge is 2.52. The van der Waals surface area contributed by atoms with Gasteiger partial charge in [-0.2, -0.15) is 0 Å². The number of esters is 3. The average Bonchev–Trinajstić information content (AvgIpc) is 2.35. The molecule has 0 saturated carbocycles. The van der Waals surface area contributed by atoms with Crippen molar-refractivity contribution >= 4 is 25.7 Å². The zero-order chi connectivity index (χ0) is 18.7. The molecule has 5 atom stereocenters. The maximum absolute atomic E-state index is 11.3. The van der Waals surface area contributed by atoms with E-state index in [0.717, 1.165) is 20.8 Å². The van der Waals surface area contributed by atoms with Crippen LogP contribution in [-0.4, -0.2) is 58.4 Å². The molecule has 1 fully saturated rings. The van der Waals surface area contributed by atoms with Crippen LogP contribution in [0.15, 0.2) is 0 Å². The minimum absolute atomic E-state index is 0.719. The van der Waals surface area contributed by atoms with E-state index < -0.39 is 56.4 Å². The second-order valence-corrected chi connectivity index (χ2v) is 6.22. The third-order valence-corrected chi connectivity index (χ3v) is 3.36. The van der Waals surface area contributed by atoms with Gasteiger partial charge in [-0.1, -0.05) is 0 Å². The van der Waals surface area contributed by atoms with Crippen molar-refractivity contribution in [2.45, 2.75) is 58.4 Å². The molecule has 2 N–H and O–H groups in total. The summed E-state index contributed by atoms with van der Waals surface area (Å²) in [6, 6.07) is 0. The minimum Gasteiger partial charge on any atom is -0.456 e. The van der Waals surface area contributed by atoms with Crippen LogP contribution >= 0.6 is 7.82 Å². The standard InChI is InChI=1S/C12H19O11P/c1-5-9(20-6(2)13)10(21-7(3)14)11(22-8(4)15)12(19-5)23-24(16,17)18/h5,9-12H,1-4H3,(H2,16,17,18)/t5-,9-,10+,11+,12+/m0/s1. The third-order valence-electron chi connectivity index (χ3n) is 2.87. The van der Waals surface area contributed by atoms with Crippen LogP contribution in [0.1, 0.15) is 27.7 Å². The van der Waals surface area contributed by atoms with Crippen LogP contribution in [0.3, 0.4) is 0 Å². The largest absolute Gasteiger partial charge is 0.472 e. The smallest absolute Gasteiger partial charge is 0.456 e. The molecule has 0 bridgehead atoms. The van der Waals surface area contributed by atoms with E-state index in [1.807, 2.05) is 0 Å². The normalized spacial score (nSPS) is 30.3. The van der Waals surface area contributed by atoms with Gasteiger partial charge in [0.1, 0.15) is 0 Å². The van der Waals surface area contributed by atoms with E-state index in [-0.39, 0.29) is 0 Å². The van der Waals surface area contributed by atoms with Crippen molar-refractivity contribution in [3.05, 3.63) is 0 Å². The number of rotatable bonds is 5. The first kappa shape index (κ1) is 20.5. The van der Waals surface area contributed by atoms with Gasteiger partial charge in [-0.05, 0) is 6.92 Å². The van der Waals surface area contributed by atoms with Gasteiger partial charge in [0.25, 0.3) is 0 Å². The number of hydrogen-bond donors (Lipinski definition) is 2. The average molecular weight is 370 g/mol. The summed E-state index contributed by atoms with van der Waals surface area (Å²) in [5.41, 5.74) is 0. The Morgan fingerprint density at radius 1 is 0.875 bits per heavy atom. The van der Waals surface area contributed by atoms with Gasteiger partial charge in [-0.3, -0.25) is 18.9 Å². The van der Waals surface area contributed by atoms with Crippen LogP contribution in [0.2, 0.25) is 0 Å². The van der Waals surface area contributed by atoms with Crippen LogP contribution in [0.5, 0.6) is 0 Å². The first-order valence-corrected chi connectivity index (χ1v) is 8.35. The quantitative estimate of drug-likeness (QED) is 0.370. The Kier molecular flexibility index (Phi) is 6.87. The van der Waals surface area contributed by atoms with E-state index in [1.165, 1.54) is 6.92 Å². The highest BCUT2D eigenvalue weighted by molar-refractivity contribution is 7.46. The lowest BCUT2D eigenvalue weighted by atomic mass is 9.99. The molecule has 138 valence electrons. The van der Waals surface area contributed by atoms with Gasteiger partial charge in [0.15, 0.2) is 18.3 Å². The number of carbonyl (C=O) groups excluding carboxylic acids is 3. The molecule has 1 rings (SSSR count). The van der Waals surface area contributed by atoms with Crippen LogP contribution in [-0.2, 0) is 42.4 Å². The topological polar surface area (TPSA) is 155 Å². The summed E-state index contributed by atoms with van der Waals surface area (Å²) in [6.07, 6.45) is -6.81. The summed E-state index contributed by atoms with van der Waals surface area (Å²) < 4.78 is 35.8. The Hall–Kier alpha value is -1.52. The van der Waals surface area contributed by atoms with Crippen molar-refractivity contribution in [2.75, 3.05) is 0 Å². The van der Waals surface area contributed by atoms with E-state index in [4.69, 9.17) is 28.7 Å². The van der Waals surface area contributed by atoms with Gasteiger partial charge in [-0.25, -0.2) is 4.57 Å². The van der Waals surface area contributed by atoms with Gasteiger partial charge in [-0.15, -0.1) is 0 Å². The maximum Gasteiger partial charge on any atom is 0.472 e. The van der Waals surface area contributed by atoms with Crippen molar-refractivity contribution in [3.63, 3.8) is 0 Å². The monoisotopic (exact) mass is 370 g/mol. The van der Waals surface area contributed by atoms with Crippen molar-refractivity contribution in [3.8, 4) is 0 Å². The number of phosphoric acid groups is 1. The first-order chi connectivity index (χ1) is 10.9. The Labute approximate surface area is 137 Å². The Morgan fingerprint density at radius 2 is 1.29 bits per heavy atom. The third kappa shape index (κ3) is 6.17. The molecular weight excluding hydrogens is 351 g/mol. The van der Waals surface area contributed by atoms with E-state index >= 15 is 0 Å². The van der Waals surface area contributed by atoms with E-state index in [0.29, 0.717) is 0 Å². The SMILES string of the molecule is CC(=O)O[C@@H]1[C@@H](OC(C)=O)[C@H](C)O[C@H](OP(=O)(O)O)[C@@H]1OC(C)=O. The van der Waals surface area contributed by atoms with Crippen LogP contribution in [0.4, 0.5) is 0 Å². The Morgan fingerprint density at radius 3 is 1.71 bits per heavy atom. The Bertz CT molecular complexity index is 541. The molecule has 0 aromatic heterocycles. The highest BCUT2D eigenvalue weighted by atomic mass is 31.2. The second-order valence-electron chi connectivity index (χ2n) is 5.03. The molecule has 0 radical (unpaired) electrons. The molecule has 1 aliphatic rings.